The standard InChI is InChI=1S/C4H9N.3O.Os/c1-4(2,3)5;;;;/h1-3H3;;;;. The Hall–Kier alpha value is -0.164. The zero-order valence-electron chi connectivity index (χ0n) is 5.53. The average Bonchev–Trinajstić information content (AvgIpc) is 1.14. The molecule has 0 aromatic heterocycles. The molecule has 0 radical (unpaired) electrons. The van der Waals surface area contributed by atoms with Gasteiger partial charge >= 0.3 is 55.3 Å². The second-order valence-electron chi connectivity index (χ2n) is 2.62. The summed E-state index contributed by atoms with van der Waals surface area (Å²) in [6.07, 6.45) is 0. The van der Waals surface area contributed by atoms with E-state index in [4.69, 9.17) is 0 Å². The number of nitrogens with zero attached hydrogens (tertiary/aromatic N) is 1. The maximum absolute atomic E-state index is 10.0. The third-order valence-corrected chi connectivity index (χ3v) is 2.73. The minimum atomic E-state index is -5.43. The van der Waals surface area contributed by atoms with Gasteiger partial charge in [0.05, 0.1) is 0 Å². The van der Waals surface area contributed by atoms with E-state index in [0.717, 1.165) is 0 Å². The Morgan fingerprint density at radius 3 is 1.44 bits per heavy atom. The predicted molar refractivity (Wildman–Crippen MR) is 24.2 cm³/mol. The normalized spacial score (nSPS) is 13.2. The molecule has 9 heavy (non-hydrogen) atoms. The molecule has 0 fully saturated rings. The molecule has 0 saturated heterocycles. The van der Waals surface area contributed by atoms with E-state index >= 15 is 0 Å². The molecule has 4 nitrogen and oxygen atoms in total. The summed E-state index contributed by atoms with van der Waals surface area (Å²) in [6, 6.07) is 0. The molecule has 56 valence electrons. The third kappa shape index (κ3) is 7.84. The summed E-state index contributed by atoms with van der Waals surface area (Å²) in [5.41, 5.74) is -0.742. The molecule has 0 bridgehead atoms. The summed E-state index contributed by atoms with van der Waals surface area (Å²) in [5, 5.41) is 0. The molecule has 0 atom stereocenters. The molecule has 0 heterocycles. The second-order valence-corrected chi connectivity index (χ2v) is 5.85. The van der Waals surface area contributed by atoms with Crippen LogP contribution in [-0.2, 0) is 25.3 Å². The Morgan fingerprint density at radius 1 is 1.11 bits per heavy atom. The molecule has 0 rings (SSSR count). The van der Waals surface area contributed by atoms with Crippen molar-refractivity contribution in [1.29, 1.82) is 0 Å². The van der Waals surface area contributed by atoms with Crippen LogP contribution < -0.4 is 0 Å². The molecule has 0 saturated carbocycles. The first-order chi connectivity index (χ1) is 3.71. The van der Waals surface area contributed by atoms with Crippen LogP contribution in [0.25, 0.3) is 0 Å². The van der Waals surface area contributed by atoms with Crippen molar-refractivity contribution >= 4 is 0 Å². The summed E-state index contributed by atoms with van der Waals surface area (Å²) in [4.78, 5) is 0. The summed E-state index contributed by atoms with van der Waals surface area (Å²) < 4.78 is 33.2. The van der Waals surface area contributed by atoms with Gasteiger partial charge in [0.15, 0.2) is 0 Å². The van der Waals surface area contributed by atoms with Gasteiger partial charge in [-0.05, 0) is 0 Å². The van der Waals surface area contributed by atoms with E-state index in [9.17, 15) is 10.6 Å². The minimum absolute atomic E-state index is 0.742. The summed E-state index contributed by atoms with van der Waals surface area (Å²) >= 11 is -5.43. The van der Waals surface area contributed by atoms with Crippen molar-refractivity contribution < 1.29 is 25.3 Å². The summed E-state index contributed by atoms with van der Waals surface area (Å²) in [5.74, 6) is 0. The summed E-state index contributed by atoms with van der Waals surface area (Å²) in [7, 11) is 0. The first-order valence-electron chi connectivity index (χ1n) is 2.31. The van der Waals surface area contributed by atoms with Crippen LogP contribution in [0.1, 0.15) is 20.8 Å². The molecular formula is C4H9NO3Os. The molecule has 0 N–H and O–H groups in total. The molecule has 0 aromatic rings. The molecule has 0 spiro atoms. The van der Waals surface area contributed by atoms with Gasteiger partial charge < -0.3 is 0 Å². The van der Waals surface area contributed by atoms with Crippen molar-refractivity contribution in [2.75, 3.05) is 0 Å². The monoisotopic (exact) mass is 311 g/mol. The second kappa shape index (κ2) is 2.22. The summed E-state index contributed by atoms with van der Waals surface area (Å²) in [6.45, 7) is 4.72. The van der Waals surface area contributed by atoms with E-state index in [-0.39, 0.29) is 0 Å². The molecular weight excluding hydrogens is 300 g/mol. The Labute approximate surface area is 55.8 Å². The molecule has 0 amide bonds. The van der Waals surface area contributed by atoms with Crippen molar-refractivity contribution in [2.45, 2.75) is 26.3 Å². The van der Waals surface area contributed by atoms with Crippen LogP contribution in [0.15, 0.2) is 3.65 Å². The fraction of sp³-hybridized carbons (Fsp3) is 1.00. The van der Waals surface area contributed by atoms with Gasteiger partial charge in [-0.15, -0.1) is 0 Å². The van der Waals surface area contributed by atoms with Crippen LogP contribution in [0.3, 0.4) is 0 Å². The molecule has 5 heteroatoms. The van der Waals surface area contributed by atoms with Gasteiger partial charge in [0, 0.05) is 0 Å². The molecule has 0 aromatic carbocycles. The Bertz CT molecular complexity index is 286. The SMILES string of the molecule is CC(C)(C)[N]=[Os](=[O])(=[O])=[O]. The topological polar surface area (TPSA) is 63.6 Å². The van der Waals surface area contributed by atoms with E-state index in [1.807, 2.05) is 0 Å². The van der Waals surface area contributed by atoms with Gasteiger partial charge in [0.2, 0.25) is 0 Å². The van der Waals surface area contributed by atoms with Gasteiger partial charge in [0.25, 0.3) is 0 Å². The first kappa shape index (κ1) is 8.84. The van der Waals surface area contributed by atoms with Gasteiger partial charge in [-0.2, -0.15) is 0 Å². The number of rotatable bonds is 0. The quantitative estimate of drug-likeness (QED) is 0.674. The van der Waals surface area contributed by atoms with Crippen molar-refractivity contribution in [3.8, 4) is 0 Å². The molecule has 0 aliphatic rings. The van der Waals surface area contributed by atoms with Crippen LogP contribution >= 0.6 is 0 Å². The van der Waals surface area contributed by atoms with E-state index in [1.165, 1.54) is 0 Å². The molecule has 0 unspecified atom stereocenters. The van der Waals surface area contributed by atoms with E-state index in [1.54, 1.807) is 20.8 Å². The first-order valence-corrected chi connectivity index (χ1v) is 6.56. The van der Waals surface area contributed by atoms with E-state index < -0.39 is 20.2 Å². The van der Waals surface area contributed by atoms with E-state index in [0.29, 0.717) is 0 Å². The van der Waals surface area contributed by atoms with E-state index in [2.05, 4.69) is 3.65 Å². The predicted octanol–water partition coefficient (Wildman–Crippen LogP) is 1.16. The maximum atomic E-state index is 10.0. The van der Waals surface area contributed by atoms with Crippen LogP contribution in [0, 0.1) is 0 Å². The zero-order valence-corrected chi connectivity index (χ0v) is 8.07. The zero-order chi connectivity index (χ0) is 7.71. The fourth-order valence-electron chi connectivity index (χ4n) is 0.290. The Balaban J connectivity index is 5.02. The van der Waals surface area contributed by atoms with Crippen molar-refractivity contribution in [1.82, 2.24) is 0 Å². The molecule has 0 aliphatic carbocycles. The van der Waals surface area contributed by atoms with Gasteiger partial charge in [-0.25, -0.2) is 0 Å². The van der Waals surface area contributed by atoms with Gasteiger partial charge in [-0.3, -0.25) is 0 Å². The number of hydrogen-bond acceptors (Lipinski definition) is 4. The van der Waals surface area contributed by atoms with Crippen molar-refractivity contribution in [2.24, 2.45) is 3.65 Å². The van der Waals surface area contributed by atoms with Crippen LogP contribution in [-0.4, -0.2) is 5.54 Å². The fourth-order valence-corrected chi connectivity index (χ4v) is 2.38. The Morgan fingerprint density at radius 2 is 1.44 bits per heavy atom. The molecule has 0 aliphatic heterocycles. The van der Waals surface area contributed by atoms with Gasteiger partial charge in [-0.1, -0.05) is 0 Å². The third-order valence-electron chi connectivity index (χ3n) is 0.334. The van der Waals surface area contributed by atoms with Crippen molar-refractivity contribution in [3.63, 3.8) is 0 Å². The van der Waals surface area contributed by atoms with Gasteiger partial charge in [0.1, 0.15) is 0 Å². The van der Waals surface area contributed by atoms with Crippen LogP contribution in [0.2, 0.25) is 0 Å². The number of hydrogen-bond donors (Lipinski definition) is 0. The van der Waals surface area contributed by atoms with Crippen LogP contribution in [0.5, 0.6) is 0 Å². The average molecular weight is 309 g/mol. The Kier molecular flexibility index (Phi) is 2.18. The van der Waals surface area contributed by atoms with Crippen LogP contribution in [0.4, 0.5) is 0 Å². The van der Waals surface area contributed by atoms with Crippen molar-refractivity contribution in [3.05, 3.63) is 0 Å².